The van der Waals surface area contributed by atoms with E-state index in [1.165, 1.54) is 5.56 Å². The third kappa shape index (κ3) is 4.47. The molecule has 0 amide bonds. The quantitative estimate of drug-likeness (QED) is 0.452. The largest absolute Gasteiger partial charge is 0.493 e. The molecule has 37 heavy (non-hydrogen) atoms. The number of allylic oxidation sites excluding steroid dienone is 3. The minimum Gasteiger partial charge on any atom is -0.493 e. The van der Waals surface area contributed by atoms with Gasteiger partial charge < -0.3 is 23.8 Å². The number of ketones is 1. The summed E-state index contributed by atoms with van der Waals surface area (Å²) in [5.41, 5.74) is 6.50. The molecule has 2 heterocycles. The molecule has 0 unspecified atom stereocenters. The predicted molar refractivity (Wildman–Crippen MR) is 145 cm³/mol. The lowest BCUT2D eigenvalue weighted by molar-refractivity contribution is -0.118. The number of carbonyl (C=O) groups excluding carboxylic acids is 1. The number of ether oxygens (including phenoxy) is 4. The number of nitrogens with zero attached hydrogens (tertiary/aromatic N) is 1. The van der Waals surface area contributed by atoms with Crippen molar-refractivity contribution in [3.05, 3.63) is 64.4 Å². The van der Waals surface area contributed by atoms with Crippen LogP contribution in [0.25, 0.3) is 5.70 Å². The molecule has 2 aromatic rings. The summed E-state index contributed by atoms with van der Waals surface area (Å²) in [7, 11) is 3.34. The van der Waals surface area contributed by atoms with Crippen LogP contribution < -0.4 is 18.9 Å². The van der Waals surface area contributed by atoms with Crippen molar-refractivity contribution < 1.29 is 23.7 Å². The van der Waals surface area contributed by atoms with Gasteiger partial charge in [-0.15, -0.1) is 0 Å². The highest BCUT2D eigenvalue weighted by Crippen LogP contribution is 2.51. The Balaban J connectivity index is 1.70. The fourth-order valence-electron chi connectivity index (χ4n) is 5.99. The van der Waals surface area contributed by atoms with Gasteiger partial charge in [0.15, 0.2) is 28.8 Å². The highest BCUT2D eigenvalue weighted by Gasteiger charge is 2.43. The van der Waals surface area contributed by atoms with E-state index in [-0.39, 0.29) is 17.1 Å². The van der Waals surface area contributed by atoms with Crippen molar-refractivity contribution in [2.24, 2.45) is 5.41 Å². The Bertz CT molecular complexity index is 1290. The number of carbonyl (C=O) groups is 1. The Kier molecular flexibility index (Phi) is 6.69. The van der Waals surface area contributed by atoms with Crippen LogP contribution in [0.15, 0.2) is 47.7 Å². The first-order valence-corrected chi connectivity index (χ1v) is 13.2. The van der Waals surface area contributed by atoms with Crippen molar-refractivity contribution in [3.8, 4) is 23.0 Å². The SMILES string of the molecule is CCOc1ccc([C@@H]2C=C3c4cc(OC)c(OC)cc4CCN3C3=C2C(=O)CC(C)(C)C3)cc1OCC. The summed E-state index contributed by atoms with van der Waals surface area (Å²) >= 11 is 0. The van der Waals surface area contributed by atoms with Crippen LogP contribution in [0, 0.1) is 5.41 Å². The molecular weight excluding hydrogens is 466 g/mol. The maximum atomic E-state index is 13.7. The highest BCUT2D eigenvalue weighted by molar-refractivity contribution is 6.01. The first kappa shape index (κ1) is 25.2. The van der Waals surface area contributed by atoms with Gasteiger partial charge in [0.05, 0.1) is 27.4 Å². The number of fused-ring (bicyclic) bond motifs is 4. The summed E-state index contributed by atoms with van der Waals surface area (Å²) in [5.74, 6) is 2.95. The standard InChI is InChI=1S/C31H37NO5/c1-7-36-26-10-9-19(14-29(26)37-8-2)22-15-23-21-16-28(35-6)27(34-5)13-20(21)11-12-32(23)24-17-31(3,4)18-25(33)30(22)24/h9-10,13-16,22H,7-8,11-12,17-18H2,1-6H3/t22-/m0/s1. The molecule has 196 valence electrons. The average molecular weight is 504 g/mol. The molecule has 1 atom stereocenters. The number of benzene rings is 2. The van der Waals surface area contributed by atoms with Gasteiger partial charge >= 0.3 is 0 Å². The second-order valence-electron chi connectivity index (χ2n) is 10.7. The number of hydrogen-bond acceptors (Lipinski definition) is 6. The summed E-state index contributed by atoms with van der Waals surface area (Å²) < 4.78 is 23.0. The average Bonchev–Trinajstić information content (AvgIpc) is 2.87. The van der Waals surface area contributed by atoms with Crippen LogP contribution in [0.3, 0.4) is 0 Å². The molecule has 6 heteroatoms. The molecule has 0 aromatic heterocycles. The second kappa shape index (κ2) is 9.81. The van der Waals surface area contributed by atoms with Crippen LogP contribution in [0.5, 0.6) is 23.0 Å². The zero-order valence-electron chi connectivity index (χ0n) is 22.8. The molecule has 0 N–H and O–H groups in total. The Hall–Kier alpha value is -3.41. The summed E-state index contributed by atoms with van der Waals surface area (Å²) in [4.78, 5) is 16.1. The van der Waals surface area contributed by atoms with Crippen molar-refractivity contribution in [1.29, 1.82) is 0 Å². The smallest absolute Gasteiger partial charge is 0.162 e. The molecule has 5 rings (SSSR count). The van der Waals surface area contributed by atoms with Crippen LogP contribution >= 0.6 is 0 Å². The van der Waals surface area contributed by atoms with Crippen molar-refractivity contribution in [2.45, 2.75) is 52.9 Å². The molecule has 0 bridgehead atoms. The molecular formula is C31H37NO5. The molecule has 3 aliphatic rings. The Labute approximate surface area is 219 Å². The molecule has 2 aliphatic heterocycles. The maximum absolute atomic E-state index is 13.7. The summed E-state index contributed by atoms with van der Waals surface area (Å²) in [6.45, 7) is 10.3. The van der Waals surface area contributed by atoms with E-state index < -0.39 is 0 Å². The number of Topliss-reactive ketones (excluding diaryl/α,β-unsaturated/α-hetero) is 1. The Morgan fingerprint density at radius 3 is 2.32 bits per heavy atom. The van der Waals surface area contributed by atoms with E-state index in [0.29, 0.717) is 31.1 Å². The second-order valence-corrected chi connectivity index (χ2v) is 10.7. The van der Waals surface area contributed by atoms with Crippen molar-refractivity contribution in [3.63, 3.8) is 0 Å². The summed E-state index contributed by atoms with van der Waals surface area (Å²) in [6, 6.07) is 10.2. The van der Waals surface area contributed by atoms with E-state index in [0.717, 1.165) is 59.0 Å². The first-order chi connectivity index (χ1) is 17.8. The van der Waals surface area contributed by atoms with Gasteiger partial charge in [0.1, 0.15) is 0 Å². The molecule has 1 aliphatic carbocycles. The fraction of sp³-hybridized carbons (Fsp3) is 0.452. The Morgan fingerprint density at radius 2 is 1.62 bits per heavy atom. The monoisotopic (exact) mass is 503 g/mol. The molecule has 2 aromatic carbocycles. The third-order valence-electron chi connectivity index (χ3n) is 7.57. The van der Waals surface area contributed by atoms with E-state index in [1.807, 2.05) is 26.0 Å². The minimum atomic E-state index is -0.168. The van der Waals surface area contributed by atoms with Crippen molar-refractivity contribution in [1.82, 2.24) is 4.90 Å². The van der Waals surface area contributed by atoms with Crippen molar-refractivity contribution >= 4 is 11.5 Å². The number of rotatable bonds is 7. The van der Waals surface area contributed by atoms with Gasteiger partial charge in [-0.25, -0.2) is 0 Å². The van der Waals surface area contributed by atoms with Gasteiger partial charge in [0.2, 0.25) is 0 Å². The van der Waals surface area contributed by atoms with E-state index in [2.05, 4.69) is 43.0 Å². The lowest BCUT2D eigenvalue weighted by Gasteiger charge is -2.46. The van der Waals surface area contributed by atoms with Gasteiger partial charge in [-0.2, -0.15) is 0 Å². The molecule has 0 saturated carbocycles. The van der Waals surface area contributed by atoms with Crippen LogP contribution in [0.2, 0.25) is 0 Å². The highest BCUT2D eigenvalue weighted by atomic mass is 16.5. The first-order valence-electron chi connectivity index (χ1n) is 13.2. The van der Waals surface area contributed by atoms with Gasteiger partial charge in [0, 0.05) is 41.4 Å². The number of methoxy groups -OCH3 is 2. The van der Waals surface area contributed by atoms with E-state index in [4.69, 9.17) is 18.9 Å². The van der Waals surface area contributed by atoms with E-state index in [9.17, 15) is 4.79 Å². The lowest BCUT2D eigenvalue weighted by Crippen LogP contribution is -2.40. The summed E-state index contributed by atoms with van der Waals surface area (Å²) in [5, 5.41) is 0. The summed E-state index contributed by atoms with van der Waals surface area (Å²) in [6.07, 6.45) is 4.54. The van der Waals surface area contributed by atoms with Crippen LogP contribution in [-0.4, -0.2) is 44.7 Å². The molecule has 0 fully saturated rings. The lowest BCUT2D eigenvalue weighted by atomic mass is 9.69. The zero-order chi connectivity index (χ0) is 26.3. The molecule has 0 spiro atoms. The van der Waals surface area contributed by atoms with Gasteiger partial charge in [-0.1, -0.05) is 19.9 Å². The van der Waals surface area contributed by atoms with Crippen molar-refractivity contribution in [2.75, 3.05) is 34.0 Å². The Morgan fingerprint density at radius 1 is 0.919 bits per heavy atom. The van der Waals surface area contributed by atoms with Crippen LogP contribution in [0.1, 0.15) is 63.1 Å². The normalized spacial score (nSPS) is 19.9. The minimum absolute atomic E-state index is 0.0872. The topological polar surface area (TPSA) is 57.2 Å². The molecule has 0 saturated heterocycles. The zero-order valence-corrected chi connectivity index (χ0v) is 22.8. The molecule has 6 nitrogen and oxygen atoms in total. The van der Waals surface area contributed by atoms with Crippen LogP contribution in [-0.2, 0) is 11.2 Å². The van der Waals surface area contributed by atoms with Gasteiger partial charge in [-0.05, 0) is 73.6 Å². The third-order valence-corrected chi connectivity index (χ3v) is 7.57. The fourth-order valence-corrected chi connectivity index (χ4v) is 5.99. The predicted octanol–water partition coefficient (Wildman–Crippen LogP) is 6.14. The van der Waals surface area contributed by atoms with E-state index >= 15 is 0 Å². The maximum Gasteiger partial charge on any atom is 0.162 e. The van der Waals surface area contributed by atoms with Gasteiger partial charge in [-0.3, -0.25) is 4.79 Å². The van der Waals surface area contributed by atoms with Gasteiger partial charge in [0.25, 0.3) is 0 Å². The van der Waals surface area contributed by atoms with Crippen LogP contribution in [0.4, 0.5) is 0 Å². The van der Waals surface area contributed by atoms with E-state index in [1.54, 1.807) is 14.2 Å². The number of hydrogen-bond donors (Lipinski definition) is 0. The molecule has 0 radical (unpaired) electrons.